The lowest BCUT2D eigenvalue weighted by Crippen LogP contribution is -2.29. The van der Waals surface area contributed by atoms with E-state index >= 15 is 0 Å². The van der Waals surface area contributed by atoms with Gasteiger partial charge >= 0.3 is 0 Å². The smallest absolute Gasteiger partial charge is 0.257 e. The van der Waals surface area contributed by atoms with E-state index in [2.05, 4.69) is 25.1 Å². The molecule has 0 spiro atoms. The van der Waals surface area contributed by atoms with E-state index in [0.29, 0.717) is 46.3 Å². The van der Waals surface area contributed by atoms with Crippen LogP contribution in [-0.2, 0) is 20.3 Å². The van der Waals surface area contributed by atoms with Gasteiger partial charge in [-0.2, -0.15) is 0 Å². The highest BCUT2D eigenvalue weighted by atomic mass is 35.5. The number of rotatable bonds is 9. The molecule has 0 radical (unpaired) electrons. The molecule has 35 heavy (non-hydrogen) atoms. The maximum absolute atomic E-state index is 13.4. The molecule has 188 valence electrons. The predicted octanol–water partition coefficient (Wildman–Crippen LogP) is 2.87. The number of nitrogens with zero attached hydrogens (tertiary/aromatic N) is 6. The van der Waals surface area contributed by atoms with Crippen LogP contribution in [0.2, 0.25) is 5.02 Å². The molecule has 1 aliphatic heterocycles. The number of halogens is 1. The lowest BCUT2D eigenvalue weighted by Gasteiger charge is -2.21. The summed E-state index contributed by atoms with van der Waals surface area (Å²) in [4.78, 5) is 12.6. The number of pyridine rings is 1. The van der Waals surface area contributed by atoms with Gasteiger partial charge in [-0.05, 0) is 19.9 Å². The number of ether oxygens (including phenoxy) is 3. The quantitative estimate of drug-likeness (QED) is 0.413. The zero-order valence-electron chi connectivity index (χ0n) is 19.9. The molecule has 3 aromatic heterocycles. The summed E-state index contributed by atoms with van der Waals surface area (Å²) in [6.07, 6.45) is 4.50. The summed E-state index contributed by atoms with van der Waals surface area (Å²) in [6.45, 7) is 6.16. The second-order valence-corrected chi connectivity index (χ2v) is 11.0. The molecule has 0 aliphatic carbocycles. The monoisotopic (exact) mass is 522 g/mol. The van der Waals surface area contributed by atoms with E-state index in [1.54, 1.807) is 37.8 Å². The lowest BCUT2D eigenvalue weighted by atomic mass is 10.1. The van der Waals surface area contributed by atoms with E-state index < -0.39 is 21.0 Å². The highest BCUT2D eigenvalue weighted by Gasteiger charge is 2.35. The van der Waals surface area contributed by atoms with Gasteiger partial charge in [-0.3, -0.25) is 0 Å². The molecule has 4 rings (SSSR count). The molecular formula is C22H27ClN6O5S. The van der Waals surface area contributed by atoms with Gasteiger partial charge in [0, 0.05) is 31.6 Å². The second kappa shape index (κ2) is 10.4. The number of methoxy groups -OCH3 is 1. The summed E-state index contributed by atoms with van der Waals surface area (Å²) in [5.41, 5.74) is 0.620. The summed E-state index contributed by atoms with van der Waals surface area (Å²) in [5, 5.41) is 8.22. The molecule has 0 aromatic carbocycles. The number of fused-ring (bicyclic) bond motifs is 3. The fourth-order valence-electron chi connectivity index (χ4n) is 3.93. The van der Waals surface area contributed by atoms with Crippen LogP contribution in [0.1, 0.15) is 44.4 Å². The summed E-state index contributed by atoms with van der Waals surface area (Å²) in [5.74, 6) is 1.18. The van der Waals surface area contributed by atoms with Crippen LogP contribution in [0, 0.1) is 0 Å². The number of hydrogen-bond donors (Lipinski definition) is 0. The summed E-state index contributed by atoms with van der Waals surface area (Å²) < 4.78 is 45.7. The molecule has 0 saturated heterocycles. The standard InChI is InChI=1S/C22H27ClN6O5S/c1-5-33-22-19-17(6-7-24-22)21-28-27-18(29(21)16(10-32-4)11-34-19)12-35(30,31)14(3)13(2)20-25-8-15(23)9-26-20/h6-9,13-14,16H,5,10-12H2,1-4H3/t13-,14-,16-/m0/s1. The molecule has 3 atom stereocenters. The molecule has 4 heterocycles. The third kappa shape index (κ3) is 5.09. The largest absolute Gasteiger partial charge is 0.485 e. The van der Waals surface area contributed by atoms with Crippen molar-refractivity contribution in [1.82, 2.24) is 29.7 Å². The van der Waals surface area contributed by atoms with Crippen LogP contribution in [-0.4, -0.2) is 70.3 Å². The molecule has 0 bridgehead atoms. The lowest BCUT2D eigenvalue weighted by molar-refractivity contribution is 0.122. The molecule has 0 unspecified atom stereocenters. The Morgan fingerprint density at radius 1 is 1.23 bits per heavy atom. The van der Waals surface area contributed by atoms with Gasteiger partial charge in [0.1, 0.15) is 24.0 Å². The van der Waals surface area contributed by atoms with Crippen molar-refractivity contribution in [1.29, 1.82) is 0 Å². The van der Waals surface area contributed by atoms with Gasteiger partial charge in [-0.25, -0.2) is 23.4 Å². The molecule has 13 heteroatoms. The Morgan fingerprint density at radius 3 is 2.66 bits per heavy atom. The van der Waals surface area contributed by atoms with Crippen LogP contribution in [0.5, 0.6) is 11.6 Å². The van der Waals surface area contributed by atoms with Crippen molar-refractivity contribution in [2.45, 2.75) is 43.7 Å². The number of aromatic nitrogens is 6. The Hall–Kier alpha value is -2.83. The fraction of sp³-hybridized carbons (Fsp3) is 0.500. The first-order chi connectivity index (χ1) is 16.8. The van der Waals surface area contributed by atoms with Crippen molar-refractivity contribution in [2.75, 3.05) is 26.9 Å². The third-order valence-electron chi connectivity index (χ3n) is 5.95. The van der Waals surface area contributed by atoms with Crippen molar-refractivity contribution in [3.63, 3.8) is 0 Å². The molecule has 0 amide bonds. The average Bonchev–Trinajstić information content (AvgIpc) is 3.16. The minimum absolute atomic E-state index is 0.204. The summed E-state index contributed by atoms with van der Waals surface area (Å²) in [7, 11) is -2.10. The Bertz CT molecular complexity index is 1280. The van der Waals surface area contributed by atoms with E-state index in [1.165, 1.54) is 12.4 Å². The second-order valence-electron chi connectivity index (χ2n) is 8.22. The maximum atomic E-state index is 13.4. The summed E-state index contributed by atoms with van der Waals surface area (Å²) in [6, 6.07) is 1.39. The Balaban J connectivity index is 1.70. The van der Waals surface area contributed by atoms with E-state index in [0.717, 1.165) is 0 Å². The molecule has 1 aliphatic rings. The Labute approximate surface area is 208 Å². The molecule has 3 aromatic rings. The van der Waals surface area contributed by atoms with Gasteiger partial charge < -0.3 is 18.8 Å². The van der Waals surface area contributed by atoms with E-state index in [4.69, 9.17) is 25.8 Å². The number of hydrogen-bond acceptors (Lipinski definition) is 10. The van der Waals surface area contributed by atoms with Gasteiger partial charge in [0.05, 0.1) is 35.1 Å². The van der Waals surface area contributed by atoms with Gasteiger partial charge in [-0.15, -0.1) is 10.2 Å². The van der Waals surface area contributed by atoms with Crippen molar-refractivity contribution < 1.29 is 22.6 Å². The normalized spacial score (nSPS) is 17.0. The molecule has 0 saturated carbocycles. The highest BCUT2D eigenvalue weighted by Crippen LogP contribution is 2.40. The zero-order valence-corrected chi connectivity index (χ0v) is 21.5. The van der Waals surface area contributed by atoms with E-state index in [9.17, 15) is 8.42 Å². The van der Waals surface area contributed by atoms with Crippen LogP contribution >= 0.6 is 11.6 Å². The van der Waals surface area contributed by atoms with Crippen molar-refractivity contribution in [2.24, 2.45) is 0 Å². The Kier molecular flexibility index (Phi) is 7.53. The maximum Gasteiger partial charge on any atom is 0.257 e. The third-order valence-corrected chi connectivity index (χ3v) is 8.35. The minimum Gasteiger partial charge on any atom is -0.485 e. The van der Waals surface area contributed by atoms with Gasteiger partial charge in [0.15, 0.2) is 21.4 Å². The van der Waals surface area contributed by atoms with Crippen LogP contribution in [0.25, 0.3) is 11.4 Å². The van der Waals surface area contributed by atoms with Crippen LogP contribution in [0.3, 0.4) is 0 Å². The molecule has 11 nitrogen and oxygen atoms in total. The van der Waals surface area contributed by atoms with Crippen molar-refractivity contribution in [3.8, 4) is 23.0 Å². The number of sulfone groups is 1. The first-order valence-corrected chi connectivity index (χ1v) is 13.2. The van der Waals surface area contributed by atoms with Gasteiger partial charge in [-0.1, -0.05) is 18.5 Å². The van der Waals surface area contributed by atoms with Crippen LogP contribution in [0.4, 0.5) is 0 Å². The fourth-order valence-corrected chi connectivity index (χ4v) is 5.59. The highest BCUT2D eigenvalue weighted by molar-refractivity contribution is 7.91. The van der Waals surface area contributed by atoms with E-state index in [-0.39, 0.29) is 25.0 Å². The van der Waals surface area contributed by atoms with Crippen LogP contribution < -0.4 is 9.47 Å². The topological polar surface area (TPSA) is 131 Å². The SMILES string of the molecule is CCOc1nccc2c1OC[C@H](COC)n1c(CS(=O)(=O)[C@@H](C)[C@H](C)c3ncc(Cl)cn3)nnc1-2. The van der Waals surface area contributed by atoms with Gasteiger partial charge in [0.25, 0.3) is 5.88 Å². The first kappa shape index (κ1) is 25.3. The van der Waals surface area contributed by atoms with Crippen molar-refractivity contribution >= 4 is 21.4 Å². The molecule has 0 N–H and O–H groups in total. The molecule has 0 fully saturated rings. The van der Waals surface area contributed by atoms with Crippen LogP contribution in [0.15, 0.2) is 24.7 Å². The van der Waals surface area contributed by atoms with Crippen molar-refractivity contribution in [3.05, 3.63) is 41.3 Å². The summed E-state index contributed by atoms with van der Waals surface area (Å²) >= 11 is 5.87. The predicted molar refractivity (Wildman–Crippen MR) is 128 cm³/mol. The van der Waals surface area contributed by atoms with E-state index in [1.807, 2.05) is 6.92 Å². The minimum atomic E-state index is -3.67. The first-order valence-electron chi connectivity index (χ1n) is 11.1. The van der Waals surface area contributed by atoms with Gasteiger partial charge in [0.2, 0.25) is 0 Å². The average molecular weight is 523 g/mol. The molecular weight excluding hydrogens is 496 g/mol. The zero-order chi connectivity index (χ0) is 25.2. The Morgan fingerprint density at radius 2 is 1.97 bits per heavy atom.